The highest BCUT2D eigenvalue weighted by Crippen LogP contribution is 2.21. The molecule has 0 bridgehead atoms. The lowest BCUT2D eigenvalue weighted by Gasteiger charge is -2.07. The molecule has 1 aromatic carbocycles. The second-order valence-electron chi connectivity index (χ2n) is 3.86. The number of halogens is 2. The Hall–Kier alpha value is -1.95. The summed E-state index contributed by atoms with van der Waals surface area (Å²) in [4.78, 5) is 3.95. The van der Waals surface area contributed by atoms with Crippen LogP contribution in [0.15, 0.2) is 41.0 Å². The van der Waals surface area contributed by atoms with Gasteiger partial charge in [-0.25, -0.2) is 4.39 Å². The molecule has 0 spiro atoms. The highest BCUT2D eigenvalue weighted by Gasteiger charge is 2.03. The summed E-state index contributed by atoms with van der Waals surface area (Å²) in [7, 11) is 0. The van der Waals surface area contributed by atoms with E-state index in [1.54, 1.807) is 24.4 Å². The Kier molecular flexibility index (Phi) is 4.11. The van der Waals surface area contributed by atoms with Crippen LogP contribution in [0.4, 0.5) is 4.39 Å². The molecule has 0 radical (unpaired) electrons. The minimum atomic E-state index is -0.372. The van der Waals surface area contributed by atoms with Crippen molar-refractivity contribution in [3.8, 4) is 5.75 Å². The van der Waals surface area contributed by atoms with Crippen molar-refractivity contribution in [2.45, 2.75) is 6.61 Å². The molecule has 0 fully saturated rings. The summed E-state index contributed by atoms with van der Waals surface area (Å²) in [6.45, 7) is 0.249. The van der Waals surface area contributed by atoms with Gasteiger partial charge in [0.15, 0.2) is 0 Å². The molecule has 0 saturated carbocycles. The van der Waals surface area contributed by atoms with Gasteiger partial charge in [0.05, 0.1) is 0 Å². The third-order valence-corrected chi connectivity index (χ3v) is 2.80. The molecular weight excluding hydrogens is 313 g/mol. The van der Waals surface area contributed by atoms with E-state index in [9.17, 15) is 4.39 Å². The van der Waals surface area contributed by atoms with Crippen molar-refractivity contribution in [2.75, 3.05) is 0 Å². The molecule has 0 atom stereocenters. The van der Waals surface area contributed by atoms with Crippen molar-refractivity contribution in [1.29, 1.82) is 5.41 Å². The summed E-state index contributed by atoms with van der Waals surface area (Å²) in [5.74, 6) is -0.0491. The quantitative estimate of drug-likeness (QED) is 0.671. The van der Waals surface area contributed by atoms with Gasteiger partial charge in [0.1, 0.15) is 29.7 Å². The van der Waals surface area contributed by atoms with E-state index in [0.29, 0.717) is 15.9 Å². The second kappa shape index (κ2) is 5.79. The first kappa shape index (κ1) is 13.5. The topological polar surface area (TPSA) is 72.0 Å². The summed E-state index contributed by atoms with van der Waals surface area (Å²) in [5, 5.41) is 7.30. The predicted molar refractivity (Wildman–Crippen MR) is 73.7 cm³/mol. The number of amidine groups is 1. The number of nitrogens with two attached hydrogens (primary N) is 1. The Balaban J connectivity index is 2.10. The molecule has 0 aliphatic heterocycles. The Bertz CT molecular complexity index is 598. The maximum atomic E-state index is 13.2. The van der Waals surface area contributed by atoms with E-state index in [2.05, 4.69) is 20.9 Å². The molecule has 0 aliphatic carbocycles. The molecule has 19 heavy (non-hydrogen) atoms. The van der Waals surface area contributed by atoms with Crippen molar-refractivity contribution in [2.24, 2.45) is 5.73 Å². The smallest absolute Gasteiger partial charge is 0.141 e. The predicted octanol–water partition coefficient (Wildman–Crippen LogP) is 2.85. The molecule has 0 unspecified atom stereocenters. The van der Waals surface area contributed by atoms with Crippen molar-refractivity contribution in [3.05, 3.63) is 58.1 Å². The van der Waals surface area contributed by atoms with Crippen LogP contribution >= 0.6 is 15.9 Å². The lowest BCUT2D eigenvalue weighted by atomic mass is 10.2. The van der Waals surface area contributed by atoms with Crippen molar-refractivity contribution < 1.29 is 9.13 Å². The molecule has 6 heteroatoms. The number of aromatic nitrogens is 1. The van der Waals surface area contributed by atoms with E-state index < -0.39 is 0 Å². The first-order valence-electron chi connectivity index (χ1n) is 5.43. The monoisotopic (exact) mass is 323 g/mol. The minimum Gasteiger partial charge on any atom is -0.489 e. The molecule has 3 N–H and O–H groups in total. The minimum absolute atomic E-state index is 0.102. The van der Waals surface area contributed by atoms with Gasteiger partial charge in [-0.05, 0) is 29.8 Å². The van der Waals surface area contributed by atoms with Gasteiger partial charge in [-0.15, -0.1) is 0 Å². The standard InChI is InChI=1S/C13H11BrFN3O/c14-9-4-10(15)6-11(5-9)19-7-8-1-2-18-12(3-8)13(16)17/h1-6H,7H2,(H3,16,17). The third-order valence-electron chi connectivity index (χ3n) is 2.34. The third kappa shape index (κ3) is 3.75. The number of hydrogen-bond donors (Lipinski definition) is 2. The van der Waals surface area contributed by atoms with Crippen LogP contribution in [0, 0.1) is 11.2 Å². The summed E-state index contributed by atoms with van der Waals surface area (Å²) >= 11 is 3.20. The van der Waals surface area contributed by atoms with Gasteiger partial charge in [0, 0.05) is 16.7 Å². The molecule has 1 heterocycles. The Morgan fingerprint density at radius 3 is 2.84 bits per heavy atom. The molecule has 0 aliphatic rings. The average Bonchev–Trinajstić information content (AvgIpc) is 2.35. The summed E-state index contributed by atoms with van der Waals surface area (Å²) in [6.07, 6.45) is 1.55. The van der Waals surface area contributed by atoms with Crippen LogP contribution in [-0.2, 0) is 6.61 Å². The van der Waals surface area contributed by atoms with Crippen LogP contribution in [0.25, 0.3) is 0 Å². The van der Waals surface area contributed by atoms with Gasteiger partial charge < -0.3 is 10.5 Å². The summed E-state index contributed by atoms with van der Waals surface area (Å²) in [5.41, 5.74) is 6.55. The van der Waals surface area contributed by atoms with Crippen molar-refractivity contribution in [1.82, 2.24) is 4.98 Å². The van der Waals surface area contributed by atoms with E-state index in [1.165, 1.54) is 12.1 Å². The highest BCUT2D eigenvalue weighted by atomic mass is 79.9. The number of nitrogen functional groups attached to an aromatic ring is 1. The van der Waals surface area contributed by atoms with Gasteiger partial charge in [0.2, 0.25) is 0 Å². The number of hydrogen-bond acceptors (Lipinski definition) is 3. The van der Waals surface area contributed by atoms with E-state index in [4.69, 9.17) is 15.9 Å². The number of ether oxygens (including phenoxy) is 1. The van der Waals surface area contributed by atoms with E-state index >= 15 is 0 Å². The molecule has 0 saturated heterocycles. The largest absolute Gasteiger partial charge is 0.489 e. The van der Waals surface area contributed by atoms with Gasteiger partial charge in [-0.1, -0.05) is 15.9 Å². The van der Waals surface area contributed by atoms with Crippen LogP contribution in [0.2, 0.25) is 0 Å². The molecular formula is C13H11BrFN3O. The van der Waals surface area contributed by atoms with Gasteiger partial charge in [-0.2, -0.15) is 0 Å². The van der Waals surface area contributed by atoms with Crippen LogP contribution in [0.3, 0.4) is 0 Å². The fraction of sp³-hybridized carbons (Fsp3) is 0.0769. The molecule has 4 nitrogen and oxygen atoms in total. The Labute approximate surface area is 118 Å². The zero-order chi connectivity index (χ0) is 13.8. The molecule has 2 aromatic rings. The zero-order valence-electron chi connectivity index (χ0n) is 9.86. The van der Waals surface area contributed by atoms with Gasteiger partial charge >= 0.3 is 0 Å². The van der Waals surface area contributed by atoms with Gasteiger partial charge in [-0.3, -0.25) is 10.4 Å². The SMILES string of the molecule is N=C(N)c1cc(COc2cc(F)cc(Br)c2)ccn1. The van der Waals surface area contributed by atoms with Crippen molar-refractivity contribution in [3.63, 3.8) is 0 Å². The highest BCUT2D eigenvalue weighted by molar-refractivity contribution is 9.10. The molecule has 2 rings (SSSR count). The number of benzene rings is 1. The Morgan fingerprint density at radius 2 is 2.16 bits per heavy atom. The molecule has 0 amide bonds. The number of nitrogens with one attached hydrogen (secondary N) is 1. The molecule has 98 valence electrons. The second-order valence-corrected chi connectivity index (χ2v) is 4.77. The maximum Gasteiger partial charge on any atom is 0.141 e. The first-order valence-corrected chi connectivity index (χ1v) is 6.22. The summed E-state index contributed by atoms with van der Waals surface area (Å²) < 4.78 is 19.3. The first-order chi connectivity index (χ1) is 9.04. The lowest BCUT2D eigenvalue weighted by Crippen LogP contribution is -2.13. The van der Waals surface area contributed by atoms with Crippen LogP contribution in [-0.4, -0.2) is 10.8 Å². The Morgan fingerprint density at radius 1 is 1.37 bits per heavy atom. The average molecular weight is 324 g/mol. The van der Waals surface area contributed by atoms with E-state index in [-0.39, 0.29) is 18.3 Å². The zero-order valence-corrected chi connectivity index (χ0v) is 11.4. The fourth-order valence-corrected chi connectivity index (χ4v) is 1.93. The van der Waals surface area contributed by atoms with Gasteiger partial charge in [0.25, 0.3) is 0 Å². The maximum absolute atomic E-state index is 13.2. The number of nitrogens with zero attached hydrogens (tertiary/aromatic N) is 1. The van der Waals surface area contributed by atoms with Crippen LogP contribution < -0.4 is 10.5 Å². The summed E-state index contributed by atoms with van der Waals surface area (Å²) in [6, 6.07) is 7.75. The van der Waals surface area contributed by atoms with Crippen LogP contribution in [0.1, 0.15) is 11.3 Å². The fourth-order valence-electron chi connectivity index (χ4n) is 1.49. The number of pyridine rings is 1. The number of rotatable bonds is 4. The normalized spacial score (nSPS) is 10.2. The lowest BCUT2D eigenvalue weighted by molar-refractivity contribution is 0.304. The van der Waals surface area contributed by atoms with Crippen molar-refractivity contribution >= 4 is 21.8 Å². The van der Waals surface area contributed by atoms with E-state index in [1.807, 2.05) is 0 Å². The van der Waals surface area contributed by atoms with E-state index in [0.717, 1.165) is 5.56 Å². The van der Waals surface area contributed by atoms with Crippen LogP contribution in [0.5, 0.6) is 5.75 Å². The molecule has 1 aromatic heterocycles.